The summed E-state index contributed by atoms with van der Waals surface area (Å²) >= 11 is 1.53. The van der Waals surface area contributed by atoms with Crippen molar-refractivity contribution < 1.29 is 13.9 Å². The first-order chi connectivity index (χ1) is 14.3. The Hall–Kier alpha value is -2.06. The van der Waals surface area contributed by atoms with Crippen molar-refractivity contribution in [3.05, 3.63) is 35.4 Å². The number of nitrogens with zero attached hydrogens (tertiary/aromatic N) is 4. The van der Waals surface area contributed by atoms with E-state index in [0.717, 1.165) is 35.5 Å². The molecule has 0 saturated carbocycles. The molecule has 164 valence electrons. The maximum Gasteiger partial charge on any atom is 0.289 e. The maximum absolute atomic E-state index is 12.6. The van der Waals surface area contributed by atoms with Gasteiger partial charge in [0.2, 0.25) is 0 Å². The summed E-state index contributed by atoms with van der Waals surface area (Å²) in [5.74, 6) is 2.56. The highest BCUT2D eigenvalue weighted by Gasteiger charge is 2.22. The Kier molecular flexibility index (Phi) is 7.41. The van der Waals surface area contributed by atoms with Crippen LogP contribution in [0.1, 0.15) is 56.6 Å². The summed E-state index contributed by atoms with van der Waals surface area (Å²) in [6, 6.07) is 5.70. The number of morpholine rings is 1. The van der Waals surface area contributed by atoms with Gasteiger partial charge in [0.15, 0.2) is 10.9 Å². The van der Waals surface area contributed by atoms with E-state index < -0.39 is 0 Å². The second-order valence-electron chi connectivity index (χ2n) is 8.28. The first-order valence-corrected chi connectivity index (χ1v) is 11.5. The molecular formula is C22H32N4O3S. The van der Waals surface area contributed by atoms with Crippen LogP contribution in [0, 0.1) is 0 Å². The van der Waals surface area contributed by atoms with E-state index in [0.29, 0.717) is 37.8 Å². The van der Waals surface area contributed by atoms with Gasteiger partial charge in [0, 0.05) is 37.7 Å². The van der Waals surface area contributed by atoms with E-state index in [2.05, 4.69) is 45.6 Å². The summed E-state index contributed by atoms with van der Waals surface area (Å²) in [7, 11) is 0. The highest BCUT2D eigenvalue weighted by molar-refractivity contribution is 7.98. The Morgan fingerprint density at radius 1 is 1.17 bits per heavy atom. The molecule has 3 heterocycles. The van der Waals surface area contributed by atoms with Gasteiger partial charge in [0.25, 0.3) is 5.91 Å². The molecule has 1 aliphatic heterocycles. The molecule has 1 amide bonds. The van der Waals surface area contributed by atoms with Crippen LogP contribution < -0.4 is 4.90 Å². The fraction of sp³-hybridized carbons (Fsp3) is 0.591. The third-order valence-corrected chi connectivity index (χ3v) is 5.93. The Labute approximate surface area is 183 Å². The predicted molar refractivity (Wildman–Crippen MR) is 119 cm³/mol. The van der Waals surface area contributed by atoms with Gasteiger partial charge in [-0.3, -0.25) is 4.79 Å². The lowest BCUT2D eigenvalue weighted by Crippen LogP contribution is -2.40. The molecule has 3 rings (SSSR count). The summed E-state index contributed by atoms with van der Waals surface area (Å²) in [5.41, 5.74) is 0.951. The van der Waals surface area contributed by atoms with Crippen LogP contribution in [0.15, 0.2) is 27.8 Å². The third kappa shape index (κ3) is 5.55. The van der Waals surface area contributed by atoms with Crippen LogP contribution in [0.2, 0.25) is 0 Å². The van der Waals surface area contributed by atoms with E-state index in [-0.39, 0.29) is 11.3 Å². The molecule has 2 aromatic heterocycles. The predicted octanol–water partition coefficient (Wildman–Crippen LogP) is 3.98. The molecule has 0 aliphatic carbocycles. The summed E-state index contributed by atoms with van der Waals surface area (Å²) in [4.78, 5) is 26.1. The van der Waals surface area contributed by atoms with Gasteiger partial charge in [-0.05, 0) is 26.0 Å². The van der Waals surface area contributed by atoms with Crippen molar-refractivity contribution in [1.29, 1.82) is 0 Å². The van der Waals surface area contributed by atoms with Crippen LogP contribution in [0.4, 0.5) is 5.82 Å². The van der Waals surface area contributed by atoms with Crippen LogP contribution in [0.5, 0.6) is 0 Å². The van der Waals surface area contributed by atoms with E-state index in [1.54, 1.807) is 11.0 Å². The molecular weight excluding hydrogens is 400 g/mol. The van der Waals surface area contributed by atoms with E-state index >= 15 is 0 Å². The lowest BCUT2D eigenvalue weighted by atomic mass is 9.92. The van der Waals surface area contributed by atoms with Crippen LogP contribution in [-0.4, -0.2) is 60.2 Å². The molecule has 0 radical (unpaired) electrons. The van der Waals surface area contributed by atoms with Crippen LogP contribution in [-0.2, 0) is 15.9 Å². The summed E-state index contributed by atoms with van der Waals surface area (Å²) in [5, 5.41) is 0.724. The SMILES string of the molecule is CCN(CC)c1cc(C(C)(C)C)nc(SCc2ccc(C(=O)N3CCOCC3)o2)n1. The smallest absolute Gasteiger partial charge is 0.289 e. The van der Waals surface area contributed by atoms with Crippen molar-refractivity contribution in [2.75, 3.05) is 44.3 Å². The highest BCUT2D eigenvalue weighted by atomic mass is 32.2. The minimum absolute atomic E-state index is 0.0669. The number of rotatable bonds is 7. The number of hydrogen-bond donors (Lipinski definition) is 0. The molecule has 2 aromatic rings. The van der Waals surface area contributed by atoms with Gasteiger partial charge in [0.1, 0.15) is 11.6 Å². The monoisotopic (exact) mass is 432 g/mol. The van der Waals surface area contributed by atoms with Gasteiger partial charge < -0.3 is 19.0 Å². The molecule has 0 aromatic carbocycles. The zero-order valence-corrected chi connectivity index (χ0v) is 19.4. The lowest BCUT2D eigenvalue weighted by Gasteiger charge is -2.25. The van der Waals surface area contributed by atoms with Gasteiger partial charge in [-0.15, -0.1) is 0 Å². The maximum atomic E-state index is 12.6. The average Bonchev–Trinajstić information content (AvgIpc) is 3.21. The Balaban J connectivity index is 1.73. The number of carbonyl (C=O) groups is 1. The Morgan fingerprint density at radius 2 is 1.87 bits per heavy atom. The van der Waals surface area contributed by atoms with E-state index in [9.17, 15) is 4.79 Å². The number of carbonyl (C=O) groups excluding carboxylic acids is 1. The first-order valence-electron chi connectivity index (χ1n) is 10.5. The van der Waals surface area contributed by atoms with Gasteiger partial charge in [0.05, 0.1) is 24.7 Å². The average molecular weight is 433 g/mol. The molecule has 1 saturated heterocycles. The van der Waals surface area contributed by atoms with E-state index in [1.807, 2.05) is 6.07 Å². The third-order valence-electron chi connectivity index (χ3n) is 5.06. The van der Waals surface area contributed by atoms with Crippen molar-refractivity contribution >= 4 is 23.5 Å². The molecule has 30 heavy (non-hydrogen) atoms. The number of anilines is 1. The highest BCUT2D eigenvalue weighted by Crippen LogP contribution is 2.29. The molecule has 0 bridgehead atoms. The minimum atomic E-state index is -0.0793. The summed E-state index contributed by atoms with van der Waals surface area (Å²) in [6.45, 7) is 14.9. The van der Waals surface area contributed by atoms with Crippen LogP contribution in [0.3, 0.4) is 0 Å². The molecule has 7 nitrogen and oxygen atoms in total. The zero-order chi connectivity index (χ0) is 21.7. The number of thioether (sulfide) groups is 1. The zero-order valence-electron chi connectivity index (χ0n) is 18.6. The molecule has 1 fully saturated rings. The van der Waals surface area contributed by atoms with Crippen molar-refractivity contribution in [1.82, 2.24) is 14.9 Å². The second kappa shape index (κ2) is 9.83. The fourth-order valence-electron chi connectivity index (χ4n) is 3.20. The number of ether oxygens (including phenoxy) is 1. The Bertz CT molecular complexity index is 852. The molecule has 0 atom stereocenters. The summed E-state index contributed by atoms with van der Waals surface area (Å²) < 4.78 is 11.1. The van der Waals surface area contributed by atoms with Gasteiger partial charge in [-0.1, -0.05) is 32.5 Å². The van der Waals surface area contributed by atoms with Crippen molar-refractivity contribution in [2.24, 2.45) is 0 Å². The van der Waals surface area contributed by atoms with E-state index in [1.165, 1.54) is 11.8 Å². The van der Waals surface area contributed by atoms with Crippen molar-refractivity contribution in [3.8, 4) is 0 Å². The van der Waals surface area contributed by atoms with Gasteiger partial charge in [-0.2, -0.15) is 0 Å². The molecule has 0 spiro atoms. The molecule has 0 unspecified atom stereocenters. The standard InChI is InChI=1S/C22H32N4O3S/c1-6-25(7-2)19-14-18(22(3,4)5)23-21(24-19)30-15-16-8-9-17(29-16)20(27)26-10-12-28-13-11-26/h8-9,14H,6-7,10-13,15H2,1-5H3. The minimum Gasteiger partial charge on any atom is -0.455 e. The molecule has 1 aliphatic rings. The summed E-state index contributed by atoms with van der Waals surface area (Å²) in [6.07, 6.45) is 0. The quantitative estimate of drug-likeness (QED) is 0.484. The van der Waals surface area contributed by atoms with Crippen molar-refractivity contribution in [2.45, 2.75) is 50.9 Å². The van der Waals surface area contributed by atoms with Crippen LogP contribution >= 0.6 is 11.8 Å². The topological polar surface area (TPSA) is 71.7 Å². The number of hydrogen-bond acceptors (Lipinski definition) is 7. The molecule has 8 heteroatoms. The number of aromatic nitrogens is 2. The van der Waals surface area contributed by atoms with Crippen LogP contribution in [0.25, 0.3) is 0 Å². The Morgan fingerprint density at radius 3 is 2.50 bits per heavy atom. The normalized spacial score (nSPS) is 14.8. The number of amides is 1. The first kappa shape index (κ1) is 22.6. The van der Waals surface area contributed by atoms with Gasteiger partial charge >= 0.3 is 0 Å². The van der Waals surface area contributed by atoms with E-state index in [4.69, 9.17) is 19.1 Å². The van der Waals surface area contributed by atoms with Crippen molar-refractivity contribution in [3.63, 3.8) is 0 Å². The van der Waals surface area contributed by atoms with Gasteiger partial charge in [-0.25, -0.2) is 9.97 Å². The number of furan rings is 1. The molecule has 0 N–H and O–H groups in total. The lowest BCUT2D eigenvalue weighted by molar-refractivity contribution is 0.0282. The fourth-order valence-corrected chi connectivity index (χ4v) is 3.95. The second-order valence-corrected chi connectivity index (χ2v) is 9.22. The largest absolute Gasteiger partial charge is 0.455 e.